The lowest BCUT2D eigenvalue weighted by Gasteiger charge is -2.24. The fraction of sp³-hybridized carbons (Fsp3) is 0.320. The predicted octanol–water partition coefficient (Wildman–Crippen LogP) is 5.84. The molecule has 33 heavy (non-hydrogen) atoms. The quantitative estimate of drug-likeness (QED) is 0.387. The van der Waals surface area contributed by atoms with Gasteiger partial charge in [0.25, 0.3) is 0 Å². The fourth-order valence-electron chi connectivity index (χ4n) is 3.14. The van der Waals surface area contributed by atoms with E-state index in [4.69, 9.17) is 27.9 Å². The number of benzene rings is 2. The van der Waals surface area contributed by atoms with Gasteiger partial charge in [0.15, 0.2) is 5.60 Å². The summed E-state index contributed by atoms with van der Waals surface area (Å²) in [7, 11) is 0. The van der Waals surface area contributed by atoms with Crippen LogP contribution in [-0.2, 0) is 24.2 Å². The van der Waals surface area contributed by atoms with Crippen molar-refractivity contribution in [2.75, 3.05) is 11.4 Å². The Bertz CT molecular complexity index is 1090. The van der Waals surface area contributed by atoms with Crippen molar-refractivity contribution in [3.05, 3.63) is 81.6 Å². The van der Waals surface area contributed by atoms with E-state index in [0.29, 0.717) is 34.8 Å². The molecule has 0 aliphatic rings. The molecule has 0 fully saturated rings. The van der Waals surface area contributed by atoms with Gasteiger partial charge in [0.2, 0.25) is 5.95 Å². The normalized spacial score (nSPS) is 11.3. The van der Waals surface area contributed by atoms with Crippen LogP contribution in [0, 0.1) is 0 Å². The number of aryl methyl sites for hydroxylation is 1. The van der Waals surface area contributed by atoms with Gasteiger partial charge in [-0.05, 0) is 73.7 Å². The molecule has 3 rings (SSSR count). The zero-order valence-corrected chi connectivity index (χ0v) is 20.4. The first-order chi connectivity index (χ1) is 15.7. The molecule has 0 bridgehead atoms. The zero-order chi connectivity index (χ0) is 24.0. The monoisotopic (exact) mass is 487 g/mol. The Kier molecular flexibility index (Phi) is 8.16. The van der Waals surface area contributed by atoms with Crippen LogP contribution in [0.15, 0.2) is 54.9 Å². The third kappa shape index (κ3) is 6.83. The lowest BCUT2D eigenvalue weighted by atomic mass is 10.1. The van der Waals surface area contributed by atoms with Crippen molar-refractivity contribution in [2.24, 2.45) is 0 Å². The van der Waals surface area contributed by atoms with Gasteiger partial charge in [0.05, 0.1) is 0 Å². The Morgan fingerprint density at radius 1 is 1.06 bits per heavy atom. The standard InChI is InChI=1S/C25H27Cl2N3O3/c1-4-17-14-28-24(29-15-17)30(16-19-13-20(26)7-10-22(19)27)12-11-18-5-8-21(9-6-18)33-25(2,3)23(31)32/h5-10,13-15H,4,11-12,16H2,1-3H3,(H,31,32). The summed E-state index contributed by atoms with van der Waals surface area (Å²) in [6, 6.07) is 12.8. The Morgan fingerprint density at radius 2 is 1.73 bits per heavy atom. The number of hydrogen-bond donors (Lipinski definition) is 1. The summed E-state index contributed by atoms with van der Waals surface area (Å²) in [4.78, 5) is 22.4. The lowest BCUT2D eigenvalue weighted by molar-refractivity contribution is -0.152. The summed E-state index contributed by atoms with van der Waals surface area (Å²) in [5.74, 6) is 0.106. The molecular formula is C25H27Cl2N3O3. The van der Waals surface area contributed by atoms with Gasteiger partial charge in [-0.2, -0.15) is 0 Å². The number of ether oxygens (including phenoxy) is 1. The van der Waals surface area contributed by atoms with E-state index in [-0.39, 0.29) is 0 Å². The van der Waals surface area contributed by atoms with Gasteiger partial charge >= 0.3 is 5.97 Å². The van der Waals surface area contributed by atoms with E-state index in [0.717, 1.165) is 29.5 Å². The molecule has 0 saturated heterocycles. The Labute approximate surface area is 204 Å². The summed E-state index contributed by atoms with van der Waals surface area (Å²) in [5, 5.41) is 10.5. The molecular weight excluding hydrogens is 461 g/mol. The van der Waals surface area contributed by atoms with Crippen molar-refractivity contribution in [3.8, 4) is 5.75 Å². The van der Waals surface area contributed by atoms with Crippen LogP contribution in [0.1, 0.15) is 37.5 Å². The lowest BCUT2D eigenvalue weighted by Crippen LogP contribution is -2.37. The molecule has 0 spiro atoms. The van der Waals surface area contributed by atoms with Gasteiger partial charge in [-0.15, -0.1) is 0 Å². The Balaban J connectivity index is 1.75. The van der Waals surface area contributed by atoms with Crippen molar-refractivity contribution in [1.82, 2.24) is 9.97 Å². The number of anilines is 1. The van der Waals surface area contributed by atoms with Gasteiger partial charge in [-0.25, -0.2) is 14.8 Å². The van der Waals surface area contributed by atoms with E-state index in [1.165, 1.54) is 13.8 Å². The average molecular weight is 488 g/mol. The van der Waals surface area contributed by atoms with E-state index in [1.54, 1.807) is 24.3 Å². The molecule has 0 aliphatic carbocycles. The van der Waals surface area contributed by atoms with Gasteiger partial charge in [-0.3, -0.25) is 0 Å². The predicted molar refractivity (Wildman–Crippen MR) is 131 cm³/mol. The van der Waals surface area contributed by atoms with E-state index in [9.17, 15) is 9.90 Å². The van der Waals surface area contributed by atoms with E-state index < -0.39 is 11.6 Å². The Morgan fingerprint density at radius 3 is 2.33 bits per heavy atom. The van der Waals surface area contributed by atoms with Crippen LogP contribution in [0.5, 0.6) is 5.75 Å². The minimum atomic E-state index is -1.30. The minimum Gasteiger partial charge on any atom is -0.478 e. The SMILES string of the molecule is CCc1cnc(N(CCc2ccc(OC(C)(C)C(=O)O)cc2)Cc2cc(Cl)ccc2Cl)nc1. The Hall–Kier alpha value is -2.83. The van der Waals surface area contributed by atoms with Crippen LogP contribution in [0.4, 0.5) is 5.95 Å². The molecule has 3 aromatic rings. The van der Waals surface area contributed by atoms with Crippen LogP contribution in [-0.4, -0.2) is 33.2 Å². The second-order valence-electron chi connectivity index (χ2n) is 8.21. The molecule has 0 saturated carbocycles. The fourth-order valence-corrected chi connectivity index (χ4v) is 3.51. The molecule has 1 N–H and O–H groups in total. The van der Waals surface area contributed by atoms with Crippen molar-refractivity contribution >= 4 is 35.1 Å². The average Bonchev–Trinajstić information content (AvgIpc) is 2.79. The molecule has 174 valence electrons. The number of aliphatic carboxylic acids is 1. The summed E-state index contributed by atoms with van der Waals surface area (Å²) in [5.41, 5.74) is 1.74. The van der Waals surface area contributed by atoms with E-state index in [2.05, 4.69) is 21.8 Å². The van der Waals surface area contributed by atoms with E-state index in [1.807, 2.05) is 30.6 Å². The molecule has 8 heteroatoms. The highest BCUT2D eigenvalue weighted by Crippen LogP contribution is 2.24. The molecule has 2 aromatic carbocycles. The van der Waals surface area contributed by atoms with Gasteiger partial charge in [0, 0.05) is 35.5 Å². The molecule has 1 heterocycles. The summed E-state index contributed by atoms with van der Waals surface area (Å²) in [6.07, 6.45) is 5.27. The largest absolute Gasteiger partial charge is 0.478 e. The molecule has 0 unspecified atom stereocenters. The first-order valence-electron chi connectivity index (χ1n) is 10.7. The summed E-state index contributed by atoms with van der Waals surface area (Å²) < 4.78 is 5.58. The third-order valence-corrected chi connectivity index (χ3v) is 5.84. The number of nitrogens with zero attached hydrogens (tertiary/aromatic N) is 3. The molecule has 0 amide bonds. The number of hydrogen-bond acceptors (Lipinski definition) is 5. The highest BCUT2D eigenvalue weighted by Gasteiger charge is 2.29. The molecule has 0 radical (unpaired) electrons. The van der Waals surface area contributed by atoms with Gasteiger partial charge in [-0.1, -0.05) is 42.3 Å². The molecule has 0 atom stereocenters. The summed E-state index contributed by atoms with van der Waals surface area (Å²) >= 11 is 12.6. The number of carboxylic acids is 1. The number of rotatable bonds is 10. The van der Waals surface area contributed by atoms with Crippen molar-refractivity contribution in [2.45, 2.75) is 45.8 Å². The number of carboxylic acid groups (broad SMARTS) is 1. The van der Waals surface area contributed by atoms with Gasteiger partial charge in [0.1, 0.15) is 5.75 Å². The topological polar surface area (TPSA) is 75.6 Å². The maximum absolute atomic E-state index is 11.3. The number of aromatic nitrogens is 2. The van der Waals surface area contributed by atoms with Crippen LogP contribution in [0.3, 0.4) is 0 Å². The van der Waals surface area contributed by atoms with Gasteiger partial charge < -0.3 is 14.7 Å². The summed E-state index contributed by atoms with van der Waals surface area (Å²) in [6.45, 7) is 6.26. The van der Waals surface area contributed by atoms with Crippen LogP contribution >= 0.6 is 23.2 Å². The van der Waals surface area contributed by atoms with Crippen LogP contribution in [0.25, 0.3) is 0 Å². The van der Waals surface area contributed by atoms with Crippen molar-refractivity contribution in [3.63, 3.8) is 0 Å². The number of carbonyl (C=O) groups is 1. The number of halogens is 2. The maximum atomic E-state index is 11.3. The third-order valence-electron chi connectivity index (χ3n) is 5.23. The van der Waals surface area contributed by atoms with E-state index >= 15 is 0 Å². The first-order valence-corrected chi connectivity index (χ1v) is 11.4. The van der Waals surface area contributed by atoms with Crippen LogP contribution < -0.4 is 9.64 Å². The first kappa shape index (κ1) is 24.8. The second kappa shape index (κ2) is 10.9. The smallest absolute Gasteiger partial charge is 0.347 e. The zero-order valence-electron chi connectivity index (χ0n) is 18.9. The van der Waals surface area contributed by atoms with Crippen LogP contribution in [0.2, 0.25) is 10.0 Å². The maximum Gasteiger partial charge on any atom is 0.347 e. The molecule has 0 aliphatic heterocycles. The van der Waals surface area contributed by atoms with Crippen molar-refractivity contribution < 1.29 is 14.6 Å². The minimum absolute atomic E-state index is 0.507. The van der Waals surface area contributed by atoms with Crippen molar-refractivity contribution in [1.29, 1.82) is 0 Å². The molecule has 1 aromatic heterocycles. The highest BCUT2D eigenvalue weighted by molar-refractivity contribution is 6.33. The highest BCUT2D eigenvalue weighted by atomic mass is 35.5. The molecule has 6 nitrogen and oxygen atoms in total. The second-order valence-corrected chi connectivity index (χ2v) is 9.06.